The molecule has 0 spiro atoms. The predicted octanol–water partition coefficient (Wildman–Crippen LogP) is 7.21. The van der Waals surface area contributed by atoms with Crippen molar-refractivity contribution in [1.82, 2.24) is 4.57 Å². The zero-order chi connectivity index (χ0) is 24.0. The number of fused-ring (bicyclic) bond motifs is 1. The molecule has 1 heterocycles. The number of para-hydroxylation sites is 1. The molecule has 0 saturated carbocycles. The number of carbonyl (C=O) groups excluding carboxylic acids is 1. The van der Waals surface area contributed by atoms with E-state index in [0.29, 0.717) is 11.4 Å². The summed E-state index contributed by atoms with van der Waals surface area (Å²) in [6.07, 6.45) is -0.458. The Kier molecular flexibility index (Phi) is 12.6. The van der Waals surface area contributed by atoms with Gasteiger partial charge in [-0.2, -0.15) is 5.10 Å². The molecule has 0 saturated heterocycles. The van der Waals surface area contributed by atoms with Crippen LogP contribution in [0.25, 0.3) is 10.9 Å². The molecule has 5 nitrogen and oxygen atoms in total. The molecule has 2 N–H and O–H groups in total. The summed E-state index contributed by atoms with van der Waals surface area (Å²) in [5.41, 5.74) is 2.11. The molecule has 0 unspecified atom stereocenters. The highest BCUT2D eigenvalue weighted by Crippen LogP contribution is 2.24. The Labute approximate surface area is 187 Å². The third-order valence-electron chi connectivity index (χ3n) is 3.71. The monoisotopic (exact) mass is 425 g/mol. The fraction of sp³-hybridized carbons (Fsp3) is 0.385. The van der Waals surface area contributed by atoms with Gasteiger partial charge in [-0.05, 0) is 32.9 Å². The van der Waals surface area contributed by atoms with E-state index in [1.807, 2.05) is 123 Å². The molecular formula is C26H39N3O2. The quantitative estimate of drug-likeness (QED) is 0.268. The molecule has 0 amide bonds. The lowest BCUT2D eigenvalue weighted by Crippen LogP contribution is -2.29. The van der Waals surface area contributed by atoms with E-state index in [1.165, 1.54) is 4.57 Å². The van der Waals surface area contributed by atoms with Crippen LogP contribution in [-0.4, -0.2) is 22.0 Å². The molecular weight excluding hydrogens is 386 g/mol. The van der Waals surface area contributed by atoms with Gasteiger partial charge in [0.25, 0.3) is 0 Å². The van der Waals surface area contributed by atoms with E-state index in [1.54, 1.807) is 0 Å². The Hall–Kier alpha value is -3.08. The van der Waals surface area contributed by atoms with E-state index in [-0.39, 0.29) is 0 Å². The Morgan fingerprint density at radius 1 is 0.871 bits per heavy atom. The summed E-state index contributed by atoms with van der Waals surface area (Å²) in [7, 11) is 0. The van der Waals surface area contributed by atoms with Crippen LogP contribution in [0.4, 0.5) is 4.79 Å². The zero-order valence-electron chi connectivity index (χ0n) is 20.6. The van der Waals surface area contributed by atoms with Gasteiger partial charge in [0.1, 0.15) is 11.3 Å². The Morgan fingerprint density at radius 2 is 1.39 bits per heavy atom. The van der Waals surface area contributed by atoms with Crippen molar-refractivity contribution in [3.63, 3.8) is 0 Å². The van der Waals surface area contributed by atoms with E-state index in [2.05, 4.69) is 5.10 Å². The Morgan fingerprint density at radius 3 is 1.90 bits per heavy atom. The number of benzene rings is 2. The van der Waals surface area contributed by atoms with Crippen molar-refractivity contribution in [2.75, 3.05) is 0 Å². The van der Waals surface area contributed by atoms with Gasteiger partial charge in [-0.3, -0.25) is 0 Å². The lowest BCUT2D eigenvalue weighted by molar-refractivity contribution is 0.0544. The molecule has 31 heavy (non-hydrogen) atoms. The highest BCUT2D eigenvalue weighted by molar-refractivity contribution is 6.15. The van der Waals surface area contributed by atoms with E-state index < -0.39 is 11.7 Å². The third kappa shape index (κ3) is 7.59. The maximum atomic E-state index is 12.9. The molecule has 2 aromatic carbocycles. The van der Waals surface area contributed by atoms with Crippen molar-refractivity contribution < 1.29 is 9.53 Å². The number of nitrogens with two attached hydrogens (primary N) is 1. The minimum Gasteiger partial charge on any atom is -0.443 e. The average Bonchev–Trinajstić information content (AvgIpc) is 3.17. The second-order valence-electron chi connectivity index (χ2n) is 6.75. The molecule has 0 atom stereocenters. The molecule has 0 fully saturated rings. The number of rotatable bonds is 2. The van der Waals surface area contributed by atoms with Crippen LogP contribution >= 0.6 is 0 Å². The third-order valence-corrected chi connectivity index (χ3v) is 3.71. The van der Waals surface area contributed by atoms with E-state index in [0.717, 1.165) is 16.5 Å². The number of hydrogen-bond donors (Lipinski definition) is 1. The summed E-state index contributed by atoms with van der Waals surface area (Å²) in [6.45, 7) is 17.5. The first kappa shape index (κ1) is 27.9. The maximum Gasteiger partial charge on any atom is 0.419 e. The molecule has 0 aliphatic heterocycles. The zero-order valence-corrected chi connectivity index (χ0v) is 20.6. The SMILES string of the molecule is CC.CC.CC.CC(C)(C)OC(=O)n1c(/C(=N/N)c2ccccc2)cc2ccccc21. The minimum absolute atomic E-state index is 0.458. The van der Waals surface area contributed by atoms with Gasteiger partial charge in [0, 0.05) is 10.9 Å². The van der Waals surface area contributed by atoms with Crippen LogP contribution in [0.2, 0.25) is 0 Å². The topological polar surface area (TPSA) is 69.6 Å². The van der Waals surface area contributed by atoms with E-state index in [9.17, 15) is 4.79 Å². The largest absolute Gasteiger partial charge is 0.443 e. The number of nitrogens with zero attached hydrogens (tertiary/aromatic N) is 2. The summed E-state index contributed by atoms with van der Waals surface area (Å²) < 4.78 is 7.12. The van der Waals surface area contributed by atoms with Gasteiger partial charge in [-0.1, -0.05) is 90.1 Å². The van der Waals surface area contributed by atoms with Crippen molar-refractivity contribution in [2.45, 2.75) is 67.9 Å². The normalized spacial score (nSPS) is 10.5. The molecule has 5 heteroatoms. The van der Waals surface area contributed by atoms with Gasteiger partial charge in [-0.25, -0.2) is 9.36 Å². The Balaban J connectivity index is 0.00000138. The summed E-state index contributed by atoms with van der Waals surface area (Å²) in [6, 6.07) is 19.1. The molecule has 170 valence electrons. The lowest BCUT2D eigenvalue weighted by atomic mass is 10.1. The van der Waals surface area contributed by atoms with Crippen molar-refractivity contribution >= 4 is 22.7 Å². The van der Waals surface area contributed by atoms with Crippen molar-refractivity contribution in [3.8, 4) is 0 Å². The first-order valence-electron chi connectivity index (χ1n) is 11.1. The molecule has 3 rings (SSSR count). The standard InChI is InChI=1S/C20H21N3O2.3C2H6/c1-20(2,3)25-19(24)23-16-12-8-7-11-15(16)13-17(23)18(22-21)14-9-5-4-6-10-14;3*1-2/h4-13H,21H2,1-3H3;3*1-2H3/b22-18+;;;. The molecule has 0 bridgehead atoms. The predicted molar refractivity (Wildman–Crippen MR) is 134 cm³/mol. The van der Waals surface area contributed by atoms with Crippen LogP contribution < -0.4 is 5.84 Å². The minimum atomic E-state index is -0.605. The number of aromatic nitrogens is 1. The summed E-state index contributed by atoms with van der Waals surface area (Å²) in [4.78, 5) is 12.9. The van der Waals surface area contributed by atoms with Gasteiger partial charge in [0.2, 0.25) is 0 Å². The van der Waals surface area contributed by atoms with Crippen LogP contribution in [-0.2, 0) is 4.74 Å². The molecule has 0 aliphatic carbocycles. The Bertz CT molecular complexity index is 936. The number of hydrogen-bond acceptors (Lipinski definition) is 4. The number of hydrazone groups is 1. The number of carbonyl (C=O) groups is 1. The highest BCUT2D eigenvalue weighted by Gasteiger charge is 2.24. The lowest BCUT2D eigenvalue weighted by Gasteiger charge is -2.21. The number of ether oxygens (including phenoxy) is 1. The summed E-state index contributed by atoms with van der Waals surface area (Å²) in [5.74, 6) is 5.68. The van der Waals surface area contributed by atoms with Gasteiger partial charge in [0.15, 0.2) is 0 Å². The summed E-state index contributed by atoms with van der Waals surface area (Å²) >= 11 is 0. The van der Waals surface area contributed by atoms with Crippen molar-refractivity contribution in [3.05, 3.63) is 71.9 Å². The summed E-state index contributed by atoms with van der Waals surface area (Å²) in [5, 5.41) is 4.87. The maximum absolute atomic E-state index is 12.9. The fourth-order valence-corrected chi connectivity index (χ4v) is 2.72. The van der Waals surface area contributed by atoms with Crippen molar-refractivity contribution in [2.24, 2.45) is 10.9 Å². The molecule has 0 radical (unpaired) electrons. The smallest absolute Gasteiger partial charge is 0.419 e. The van der Waals surface area contributed by atoms with Crippen molar-refractivity contribution in [1.29, 1.82) is 0 Å². The van der Waals surface area contributed by atoms with E-state index >= 15 is 0 Å². The second kappa shape index (κ2) is 14.0. The van der Waals surface area contributed by atoms with Crippen LogP contribution in [0.5, 0.6) is 0 Å². The van der Waals surface area contributed by atoms with Crippen LogP contribution in [0.3, 0.4) is 0 Å². The molecule has 1 aromatic heterocycles. The highest BCUT2D eigenvalue weighted by atomic mass is 16.6. The van der Waals surface area contributed by atoms with Crippen LogP contribution in [0.15, 0.2) is 65.8 Å². The second-order valence-corrected chi connectivity index (χ2v) is 6.75. The van der Waals surface area contributed by atoms with Gasteiger partial charge in [0.05, 0.1) is 11.2 Å². The van der Waals surface area contributed by atoms with Gasteiger partial charge >= 0.3 is 6.09 Å². The van der Waals surface area contributed by atoms with Crippen LogP contribution in [0.1, 0.15) is 73.6 Å². The fourth-order valence-electron chi connectivity index (χ4n) is 2.72. The van der Waals surface area contributed by atoms with Gasteiger partial charge < -0.3 is 10.6 Å². The average molecular weight is 426 g/mol. The van der Waals surface area contributed by atoms with Gasteiger partial charge in [-0.15, -0.1) is 0 Å². The molecule has 3 aromatic rings. The van der Waals surface area contributed by atoms with E-state index in [4.69, 9.17) is 10.6 Å². The first-order valence-corrected chi connectivity index (χ1v) is 11.1. The first-order chi connectivity index (χ1) is 14.9. The van der Waals surface area contributed by atoms with Crippen LogP contribution in [0, 0.1) is 0 Å². The molecule has 0 aliphatic rings.